The average Bonchev–Trinajstić information content (AvgIpc) is 2.78. The molecular formula is C24H25ClF2N2O4S. The molecule has 10 heteroatoms. The summed E-state index contributed by atoms with van der Waals surface area (Å²) in [6.45, 7) is 0.397. The zero-order chi connectivity index (χ0) is 24.7. The van der Waals surface area contributed by atoms with Crippen LogP contribution in [0.25, 0.3) is 0 Å². The number of rotatable bonds is 11. The minimum Gasteiger partial charge on any atom is -0.497 e. The van der Waals surface area contributed by atoms with Crippen LogP contribution in [0, 0.1) is 11.6 Å². The number of methoxy groups -OCH3 is 1. The lowest BCUT2D eigenvalue weighted by molar-refractivity contribution is 0.134. The van der Waals surface area contributed by atoms with E-state index in [1.165, 1.54) is 24.3 Å². The number of hydrogen-bond acceptors (Lipinski definition) is 5. The van der Waals surface area contributed by atoms with Crippen LogP contribution >= 0.6 is 11.6 Å². The Kier molecular flexibility index (Phi) is 8.98. The number of aliphatic hydroxyl groups excluding tert-OH is 1. The maximum Gasteiger partial charge on any atom is 0.240 e. The normalized spacial score (nSPS) is 13.4. The molecule has 0 aliphatic carbocycles. The Labute approximate surface area is 202 Å². The third-order valence-corrected chi connectivity index (χ3v) is 6.79. The number of aliphatic hydroxyl groups is 1. The molecule has 2 unspecified atom stereocenters. The van der Waals surface area contributed by atoms with Crippen molar-refractivity contribution in [2.75, 3.05) is 13.7 Å². The molecule has 0 aliphatic heterocycles. The van der Waals surface area contributed by atoms with Crippen molar-refractivity contribution in [3.8, 4) is 5.75 Å². The molecule has 2 atom stereocenters. The Bertz CT molecular complexity index is 1210. The van der Waals surface area contributed by atoms with Crippen molar-refractivity contribution in [3.05, 3.63) is 94.5 Å². The van der Waals surface area contributed by atoms with Crippen LogP contribution in [0.1, 0.15) is 11.1 Å². The maximum absolute atomic E-state index is 13.7. The van der Waals surface area contributed by atoms with Gasteiger partial charge in [0, 0.05) is 24.2 Å². The van der Waals surface area contributed by atoms with Gasteiger partial charge in [0.2, 0.25) is 10.0 Å². The van der Waals surface area contributed by atoms with E-state index in [2.05, 4.69) is 10.0 Å². The molecule has 0 fully saturated rings. The predicted molar refractivity (Wildman–Crippen MR) is 126 cm³/mol. The van der Waals surface area contributed by atoms with Crippen molar-refractivity contribution in [3.63, 3.8) is 0 Å². The molecule has 0 saturated carbocycles. The van der Waals surface area contributed by atoms with Crippen LogP contribution in [-0.4, -0.2) is 39.3 Å². The first-order valence-electron chi connectivity index (χ1n) is 10.4. The molecular weight excluding hydrogens is 486 g/mol. The van der Waals surface area contributed by atoms with Crippen molar-refractivity contribution < 1.29 is 27.0 Å². The van der Waals surface area contributed by atoms with Gasteiger partial charge in [-0.1, -0.05) is 29.8 Å². The summed E-state index contributed by atoms with van der Waals surface area (Å²) < 4.78 is 60.9. The predicted octanol–water partition coefficient (Wildman–Crippen LogP) is 3.67. The van der Waals surface area contributed by atoms with Gasteiger partial charge < -0.3 is 15.2 Å². The highest BCUT2D eigenvalue weighted by molar-refractivity contribution is 7.89. The van der Waals surface area contributed by atoms with Gasteiger partial charge in [-0.05, 0) is 60.0 Å². The standard InChI is InChI=1S/C24H25ClF2N2O4S/c1-33-21-6-2-4-16(10-21)14-28-15-24(30)23(11-17-8-19(26)13-20(27)9-17)29-34(31,32)22-7-3-5-18(25)12-22/h2-10,12-13,23-24,28-30H,11,14-15H2,1H3. The van der Waals surface area contributed by atoms with E-state index in [1.54, 1.807) is 13.2 Å². The van der Waals surface area contributed by atoms with Crippen LogP contribution < -0.4 is 14.8 Å². The fourth-order valence-corrected chi connectivity index (χ4v) is 5.00. The molecule has 34 heavy (non-hydrogen) atoms. The molecule has 3 aromatic rings. The first kappa shape index (κ1) is 26.1. The molecule has 182 valence electrons. The van der Waals surface area contributed by atoms with Gasteiger partial charge >= 0.3 is 0 Å². The van der Waals surface area contributed by atoms with Crippen LogP contribution in [0.15, 0.2) is 71.6 Å². The minimum absolute atomic E-state index is 0.0116. The van der Waals surface area contributed by atoms with Crippen molar-refractivity contribution in [2.24, 2.45) is 0 Å². The lowest BCUT2D eigenvalue weighted by Gasteiger charge is -2.25. The van der Waals surface area contributed by atoms with Gasteiger partial charge in [-0.15, -0.1) is 0 Å². The summed E-state index contributed by atoms with van der Waals surface area (Å²) in [4.78, 5) is -0.0908. The number of halogens is 3. The maximum atomic E-state index is 13.7. The summed E-state index contributed by atoms with van der Waals surface area (Å²) in [5.74, 6) is -0.908. The van der Waals surface area contributed by atoms with Crippen molar-refractivity contribution in [1.82, 2.24) is 10.0 Å². The quantitative estimate of drug-likeness (QED) is 0.366. The van der Waals surface area contributed by atoms with E-state index in [9.17, 15) is 22.3 Å². The van der Waals surface area contributed by atoms with E-state index in [0.29, 0.717) is 12.3 Å². The van der Waals surface area contributed by atoms with E-state index >= 15 is 0 Å². The van der Waals surface area contributed by atoms with Gasteiger partial charge in [0.1, 0.15) is 17.4 Å². The molecule has 6 nitrogen and oxygen atoms in total. The summed E-state index contributed by atoms with van der Waals surface area (Å²) in [5.41, 5.74) is 1.10. The van der Waals surface area contributed by atoms with Gasteiger partial charge in [0.05, 0.1) is 24.2 Å². The van der Waals surface area contributed by atoms with E-state index in [0.717, 1.165) is 23.8 Å². The van der Waals surface area contributed by atoms with Crippen molar-refractivity contribution in [1.29, 1.82) is 0 Å². The fraction of sp³-hybridized carbons (Fsp3) is 0.250. The summed E-state index contributed by atoms with van der Waals surface area (Å²) in [5, 5.41) is 14.1. The number of ether oxygens (including phenoxy) is 1. The molecule has 3 rings (SSSR count). The molecule has 0 aromatic heterocycles. The highest BCUT2D eigenvalue weighted by Crippen LogP contribution is 2.18. The number of benzene rings is 3. The number of nitrogens with one attached hydrogen (secondary N) is 2. The fourth-order valence-electron chi connectivity index (χ4n) is 3.43. The van der Waals surface area contributed by atoms with E-state index in [4.69, 9.17) is 16.3 Å². The highest BCUT2D eigenvalue weighted by Gasteiger charge is 2.27. The Balaban J connectivity index is 1.77. The van der Waals surface area contributed by atoms with Gasteiger partial charge in [0.25, 0.3) is 0 Å². The second kappa shape index (κ2) is 11.7. The lowest BCUT2D eigenvalue weighted by atomic mass is 10.0. The summed E-state index contributed by atoms with van der Waals surface area (Å²) in [6, 6.07) is 14.8. The van der Waals surface area contributed by atoms with Gasteiger partial charge in [-0.3, -0.25) is 0 Å². The van der Waals surface area contributed by atoms with Crippen LogP contribution in [0.4, 0.5) is 8.78 Å². The topological polar surface area (TPSA) is 87.7 Å². The Morgan fingerprint density at radius 2 is 1.71 bits per heavy atom. The molecule has 0 aliphatic rings. The van der Waals surface area contributed by atoms with E-state index < -0.39 is 33.8 Å². The monoisotopic (exact) mass is 510 g/mol. The summed E-state index contributed by atoms with van der Waals surface area (Å²) >= 11 is 5.92. The van der Waals surface area contributed by atoms with Crippen LogP contribution in [0.2, 0.25) is 5.02 Å². The Morgan fingerprint density at radius 1 is 1.00 bits per heavy atom. The van der Waals surface area contributed by atoms with Crippen LogP contribution in [0.5, 0.6) is 5.75 Å². The molecule has 3 aromatic carbocycles. The van der Waals surface area contributed by atoms with Crippen molar-refractivity contribution >= 4 is 21.6 Å². The molecule has 0 saturated heterocycles. The SMILES string of the molecule is COc1cccc(CNCC(O)C(Cc2cc(F)cc(F)c2)NS(=O)(=O)c2cccc(Cl)c2)c1. The zero-order valence-corrected chi connectivity index (χ0v) is 19.9. The minimum atomic E-state index is -4.08. The van der Waals surface area contributed by atoms with Crippen LogP contribution in [-0.2, 0) is 23.0 Å². The molecule has 0 spiro atoms. The Morgan fingerprint density at radius 3 is 2.38 bits per heavy atom. The largest absolute Gasteiger partial charge is 0.497 e. The van der Waals surface area contributed by atoms with Crippen LogP contribution in [0.3, 0.4) is 0 Å². The second-order valence-corrected chi connectivity index (χ2v) is 9.87. The lowest BCUT2D eigenvalue weighted by Crippen LogP contribution is -2.48. The summed E-state index contributed by atoms with van der Waals surface area (Å²) in [6.07, 6.45) is -1.36. The Hall–Kier alpha value is -2.56. The second-order valence-electron chi connectivity index (χ2n) is 7.72. The molecule has 3 N–H and O–H groups in total. The third-order valence-electron chi connectivity index (χ3n) is 5.07. The van der Waals surface area contributed by atoms with Gasteiger partial charge in [-0.25, -0.2) is 21.9 Å². The summed E-state index contributed by atoms with van der Waals surface area (Å²) in [7, 11) is -2.52. The molecule has 0 heterocycles. The molecule has 0 radical (unpaired) electrons. The highest BCUT2D eigenvalue weighted by atomic mass is 35.5. The van der Waals surface area contributed by atoms with E-state index in [1.807, 2.05) is 18.2 Å². The first-order valence-corrected chi connectivity index (χ1v) is 12.3. The number of sulfonamides is 1. The number of hydrogen-bond donors (Lipinski definition) is 3. The molecule has 0 amide bonds. The van der Waals surface area contributed by atoms with Gasteiger partial charge in [-0.2, -0.15) is 0 Å². The van der Waals surface area contributed by atoms with Crippen molar-refractivity contribution in [2.45, 2.75) is 30.0 Å². The molecule has 0 bridgehead atoms. The smallest absolute Gasteiger partial charge is 0.240 e. The van der Waals surface area contributed by atoms with Gasteiger partial charge in [0.15, 0.2) is 0 Å². The third kappa shape index (κ3) is 7.48. The zero-order valence-electron chi connectivity index (χ0n) is 18.3. The van der Waals surface area contributed by atoms with E-state index in [-0.39, 0.29) is 28.4 Å². The first-order chi connectivity index (χ1) is 16.2. The average molecular weight is 511 g/mol.